The Morgan fingerprint density at radius 2 is 2.19 bits per heavy atom. The number of fused-ring (bicyclic) bond motifs is 2. The Bertz CT molecular complexity index is 465. The molecule has 4 unspecified atom stereocenters. The third-order valence-corrected chi connectivity index (χ3v) is 5.75. The molecule has 3 nitrogen and oxygen atoms in total. The molecule has 2 bridgehead atoms. The Balaban J connectivity index is 1.72. The third kappa shape index (κ3) is 3.18. The molecule has 2 aliphatic rings. The molecule has 1 aromatic rings. The van der Waals surface area contributed by atoms with Gasteiger partial charge in [-0.2, -0.15) is 5.10 Å². The maximum absolute atomic E-state index is 4.66. The summed E-state index contributed by atoms with van der Waals surface area (Å²) in [6, 6.07) is 2.81. The molecule has 3 heteroatoms. The average molecular weight is 289 g/mol. The predicted molar refractivity (Wildman–Crippen MR) is 87.2 cm³/mol. The zero-order chi connectivity index (χ0) is 14.8. The van der Waals surface area contributed by atoms with Gasteiger partial charge in [0.05, 0.1) is 11.4 Å². The maximum atomic E-state index is 4.66. The molecule has 1 N–H and O–H groups in total. The first-order valence-corrected chi connectivity index (χ1v) is 8.97. The first-order chi connectivity index (χ1) is 10.2. The highest BCUT2D eigenvalue weighted by Crippen LogP contribution is 2.50. The van der Waals surface area contributed by atoms with Crippen LogP contribution < -0.4 is 5.32 Å². The lowest BCUT2D eigenvalue weighted by molar-refractivity contribution is 0.274. The number of aromatic nitrogens is 2. The van der Waals surface area contributed by atoms with Gasteiger partial charge in [-0.1, -0.05) is 20.3 Å². The van der Waals surface area contributed by atoms with E-state index in [0.29, 0.717) is 6.04 Å². The van der Waals surface area contributed by atoms with Gasteiger partial charge in [0.15, 0.2) is 0 Å². The fourth-order valence-corrected chi connectivity index (χ4v) is 4.64. The highest BCUT2D eigenvalue weighted by molar-refractivity contribution is 5.15. The molecule has 2 aliphatic carbocycles. The number of nitrogens with one attached hydrogen (secondary N) is 1. The van der Waals surface area contributed by atoms with E-state index < -0.39 is 0 Å². The van der Waals surface area contributed by atoms with Gasteiger partial charge < -0.3 is 5.32 Å². The molecule has 0 aliphatic heterocycles. The van der Waals surface area contributed by atoms with E-state index in [1.165, 1.54) is 49.9 Å². The lowest BCUT2D eigenvalue weighted by atomic mass is 9.83. The summed E-state index contributed by atoms with van der Waals surface area (Å²) in [5.74, 6) is 3.00. The minimum atomic E-state index is 0.493. The summed E-state index contributed by atoms with van der Waals surface area (Å²) in [7, 11) is 2.11. The van der Waals surface area contributed by atoms with Gasteiger partial charge in [0.2, 0.25) is 0 Å². The maximum Gasteiger partial charge on any atom is 0.0625 e. The van der Waals surface area contributed by atoms with Crippen LogP contribution in [0.5, 0.6) is 0 Å². The fraction of sp³-hybridized carbons (Fsp3) is 0.833. The fourth-order valence-electron chi connectivity index (χ4n) is 4.64. The van der Waals surface area contributed by atoms with E-state index in [2.05, 4.69) is 42.1 Å². The van der Waals surface area contributed by atoms with Crippen molar-refractivity contribution in [2.24, 2.45) is 24.8 Å². The third-order valence-electron chi connectivity index (χ3n) is 5.75. The summed E-state index contributed by atoms with van der Waals surface area (Å²) in [4.78, 5) is 0. The second-order valence-electron chi connectivity index (χ2n) is 7.22. The van der Waals surface area contributed by atoms with Gasteiger partial charge in [-0.05, 0) is 68.9 Å². The van der Waals surface area contributed by atoms with Gasteiger partial charge in [0.1, 0.15) is 0 Å². The van der Waals surface area contributed by atoms with Crippen molar-refractivity contribution in [1.29, 1.82) is 0 Å². The molecule has 1 heterocycles. The molecule has 3 rings (SSSR count). The van der Waals surface area contributed by atoms with E-state index in [4.69, 9.17) is 0 Å². The van der Waals surface area contributed by atoms with Crippen LogP contribution in [0.15, 0.2) is 6.07 Å². The molecule has 2 fully saturated rings. The van der Waals surface area contributed by atoms with Crippen LogP contribution in [-0.4, -0.2) is 16.3 Å². The molecule has 118 valence electrons. The number of aryl methyl sites for hydroxylation is 2. The Morgan fingerprint density at radius 1 is 1.33 bits per heavy atom. The first kappa shape index (κ1) is 15.1. The standard InChI is InChI=1S/C18H31N3/c1-4-8-19-17(18-12-16(5-2)20-21(18)3)11-15-10-13-6-7-14(15)9-13/h12-15,17,19H,4-11H2,1-3H3. The molecule has 4 atom stereocenters. The van der Waals surface area contributed by atoms with E-state index in [0.717, 1.165) is 30.7 Å². The van der Waals surface area contributed by atoms with Crippen molar-refractivity contribution in [3.63, 3.8) is 0 Å². The summed E-state index contributed by atoms with van der Waals surface area (Å²) < 4.78 is 2.11. The summed E-state index contributed by atoms with van der Waals surface area (Å²) in [6.07, 6.45) is 9.52. The highest BCUT2D eigenvalue weighted by Gasteiger charge is 2.40. The van der Waals surface area contributed by atoms with Gasteiger partial charge in [-0.3, -0.25) is 4.68 Å². The Hall–Kier alpha value is -0.830. The molecule has 1 aromatic heterocycles. The Labute approximate surface area is 129 Å². The SMILES string of the molecule is CCCNC(CC1CC2CCC1C2)c1cc(CC)nn1C. The number of nitrogens with zero attached hydrogens (tertiary/aromatic N) is 2. The molecule has 0 saturated heterocycles. The summed E-state index contributed by atoms with van der Waals surface area (Å²) in [6.45, 7) is 5.55. The first-order valence-electron chi connectivity index (χ1n) is 8.97. The number of hydrogen-bond donors (Lipinski definition) is 1. The number of hydrogen-bond acceptors (Lipinski definition) is 2. The second kappa shape index (κ2) is 6.51. The van der Waals surface area contributed by atoms with E-state index in [1.807, 2.05) is 0 Å². The van der Waals surface area contributed by atoms with Gasteiger partial charge in [-0.25, -0.2) is 0 Å². The minimum absolute atomic E-state index is 0.493. The van der Waals surface area contributed by atoms with Gasteiger partial charge in [0, 0.05) is 13.1 Å². The molecule has 0 aromatic carbocycles. The van der Waals surface area contributed by atoms with Crippen LogP contribution in [0.1, 0.15) is 69.8 Å². The largest absolute Gasteiger partial charge is 0.309 e. The van der Waals surface area contributed by atoms with Crippen LogP contribution in [0, 0.1) is 17.8 Å². The Kier molecular flexibility index (Phi) is 4.68. The Morgan fingerprint density at radius 3 is 2.76 bits per heavy atom. The molecule has 0 amide bonds. The average Bonchev–Trinajstić information content (AvgIpc) is 3.18. The van der Waals surface area contributed by atoms with Crippen molar-refractivity contribution >= 4 is 0 Å². The van der Waals surface area contributed by atoms with Crippen LogP contribution in [0.2, 0.25) is 0 Å². The smallest absolute Gasteiger partial charge is 0.0625 e. The lowest BCUT2D eigenvalue weighted by Crippen LogP contribution is -2.28. The number of rotatable bonds is 7. The van der Waals surface area contributed by atoms with Crippen LogP contribution in [0.25, 0.3) is 0 Å². The molecule has 0 radical (unpaired) electrons. The quantitative estimate of drug-likeness (QED) is 0.826. The zero-order valence-electron chi connectivity index (χ0n) is 13.9. The van der Waals surface area contributed by atoms with Crippen molar-refractivity contribution in [2.45, 2.75) is 64.8 Å². The zero-order valence-corrected chi connectivity index (χ0v) is 13.9. The second-order valence-corrected chi connectivity index (χ2v) is 7.22. The van der Waals surface area contributed by atoms with E-state index in [1.54, 1.807) is 0 Å². The minimum Gasteiger partial charge on any atom is -0.309 e. The highest BCUT2D eigenvalue weighted by atomic mass is 15.3. The van der Waals surface area contributed by atoms with Crippen LogP contribution in [0.3, 0.4) is 0 Å². The van der Waals surface area contributed by atoms with Gasteiger partial charge in [-0.15, -0.1) is 0 Å². The van der Waals surface area contributed by atoms with Crippen molar-refractivity contribution in [2.75, 3.05) is 6.54 Å². The van der Waals surface area contributed by atoms with E-state index >= 15 is 0 Å². The van der Waals surface area contributed by atoms with E-state index in [-0.39, 0.29) is 0 Å². The van der Waals surface area contributed by atoms with Crippen LogP contribution in [-0.2, 0) is 13.5 Å². The monoisotopic (exact) mass is 289 g/mol. The normalized spacial score (nSPS) is 29.2. The van der Waals surface area contributed by atoms with Crippen molar-refractivity contribution in [3.8, 4) is 0 Å². The summed E-state index contributed by atoms with van der Waals surface area (Å²) in [5.41, 5.74) is 2.62. The van der Waals surface area contributed by atoms with Crippen LogP contribution >= 0.6 is 0 Å². The van der Waals surface area contributed by atoms with Crippen molar-refractivity contribution in [3.05, 3.63) is 17.5 Å². The molecule has 2 saturated carbocycles. The topological polar surface area (TPSA) is 29.9 Å². The van der Waals surface area contributed by atoms with Crippen molar-refractivity contribution in [1.82, 2.24) is 15.1 Å². The summed E-state index contributed by atoms with van der Waals surface area (Å²) >= 11 is 0. The van der Waals surface area contributed by atoms with Gasteiger partial charge in [0.25, 0.3) is 0 Å². The van der Waals surface area contributed by atoms with Crippen LogP contribution in [0.4, 0.5) is 0 Å². The molecular formula is C18H31N3. The molecular weight excluding hydrogens is 258 g/mol. The van der Waals surface area contributed by atoms with Gasteiger partial charge >= 0.3 is 0 Å². The molecule has 0 spiro atoms. The summed E-state index contributed by atoms with van der Waals surface area (Å²) in [5, 5.41) is 8.45. The lowest BCUT2D eigenvalue weighted by Gasteiger charge is -2.27. The van der Waals surface area contributed by atoms with Crippen molar-refractivity contribution < 1.29 is 0 Å². The van der Waals surface area contributed by atoms with E-state index in [9.17, 15) is 0 Å². The molecule has 21 heavy (non-hydrogen) atoms. The predicted octanol–water partition coefficient (Wildman–Crippen LogP) is 3.85.